The van der Waals surface area contributed by atoms with Crippen molar-refractivity contribution >= 4 is 46.5 Å². The molecule has 4 rings (SSSR count). The second-order valence-electron chi connectivity index (χ2n) is 7.04. The third-order valence-electron chi connectivity index (χ3n) is 4.63. The minimum atomic E-state index is -0.179. The molecule has 6 nitrogen and oxygen atoms in total. The predicted octanol–water partition coefficient (Wildman–Crippen LogP) is 7.46. The molecule has 0 saturated carbocycles. The first-order chi connectivity index (χ1) is 16.1. The topological polar surface area (TPSA) is 86.4 Å². The molecule has 0 unspecified atom stereocenters. The minimum Gasteiger partial charge on any atom is -0.507 e. The number of rotatable bonds is 6. The Labute approximate surface area is 195 Å². The number of benzene rings is 4. The third kappa shape index (κ3) is 6.12. The number of aliphatic imine (C=N–C) groups is 1. The number of amides is 1. The molecule has 7 heteroatoms. The summed E-state index contributed by atoms with van der Waals surface area (Å²) in [7, 11) is 0. The molecule has 4 aromatic carbocycles. The molecular formula is C26H19ClN4O2. The van der Waals surface area contributed by atoms with E-state index in [2.05, 4.69) is 20.5 Å². The molecule has 0 fully saturated rings. The molecule has 0 bridgehead atoms. The van der Waals surface area contributed by atoms with Gasteiger partial charge in [0.15, 0.2) is 0 Å². The van der Waals surface area contributed by atoms with Gasteiger partial charge in [-0.2, -0.15) is 10.2 Å². The zero-order valence-corrected chi connectivity index (χ0v) is 18.1. The lowest BCUT2D eigenvalue weighted by atomic mass is 10.2. The molecule has 33 heavy (non-hydrogen) atoms. The van der Waals surface area contributed by atoms with E-state index in [1.165, 1.54) is 0 Å². The Balaban J connectivity index is 1.43. The fraction of sp³-hybridized carbons (Fsp3) is 0. The van der Waals surface area contributed by atoms with Crippen molar-refractivity contribution in [2.45, 2.75) is 0 Å². The Morgan fingerprint density at radius 3 is 2.15 bits per heavy atom. The highest BCUT2D eigenvalue weighted by molar-refractivity contribution is 6.30. The molecule has 0 atom stereocenters. The Morgan fingerprint density at radius 1 is 0.788 bits per heavy atom. The first-order valence-corrected chi connectivity index (χ1v) is 10.5. The van der Waals surface area contributed by atoms with Gasteiger partial charge in [0.1, 0.15) is 5.75 Å². The van der Waals surface area contributed by atoms with Gasteiger partial charge in [-0.15, -0.1) is 0 Å². The molecule has 4 aromatic rings. The van der Waals surface area contributed by atoms with Crippen LogP contribution in [0.1, 0.15) is 15.9 Å². The van der Waals surface area contributed by atoms with Gasteiger partial charge in [0.05, 0.1) is 17.1 Å². The van der Waals surface area contributed by atoms with Crippen molar-refractivity contribution in [2.75, 3.05) is 5.32 Å². The van der Waals surface area contributed by atoms with E-state index < -0.39 is 0 Å². The Hall–Kier alpha value is -4.29. The minimum absolute atomic E-state index is 0.0796. The van der Waals surface area contributed by atoms with Crippen molar-refractivity contribution in [3.05, 3.63) is 113 Å². The monoisotopic (exact) mass is 454 g/mol. The molecule has 0 heterocycles. The van der Waals surface area contributed by atoms with Crippen molar-refractivity contribution < 1.29 is 9.90 Å². The van der Waals surface area contributed by atoms with E-state index in [1.54, 1.807) is 85.1 Å². The number of halogens is 1. The molecule has 0 aliphatic carbocycles. The summed E-state index contributed by atoms with van der Waals surface area (Å²) in [5.41, 5.74) is 3.66. The summed E-state index contributed by atoms with van der Waals surface area (Å²) in [5, 5.41) is 22.0. The van der Waals surface area contributed by atoms with Gasteiger partial charge < -0.3 is 10.4 Å². The Bertz CT molecular complexity index is 1300. The van der Waals surface area contributed by atoms with Gasteiger partial charge >= 0.3 is 0 Å². The van der Waals surface area contributed by atoms with Crippen molar-refractivity contribution in [1.82, 2.24) is 0 Å². The number of nitrogens with one attached hydrogen (secondary N) is 1. The largest absolute Gasteiger partial charge is 0.507 e. The van der Waals surface area contributed by atoms with Crippen molar-refractivity contribution in [2.24, 2.45) is 15.2 Å². The molecular weight excluding hydrogens is 436 g/mol. The van der Waals surface area contributed by atoms with Gasteiger partial charge in [0.25, 0.3) is 5.91 Å². The number of carbonyl (C=O) groups excluding carboxylic acids is 1. The highest BCUT2D eigenvalue weighted by Gasteiger charge is 2.05. The number of hydrogen-bond donors (Lipinski definition) is 2. The lowest BCUT2D eigenvalue weighted by Gasteiger charge is -2.05. The summed E-state index contributed by atoms with van der Waals surface area (Å²) < 4.78 is 0. The van der Waals surface area contributed by atoms with Crippen LogP contribution in [-0.2, 0) is 0 Å². The van der Waals surface area contributed by atoms with E-state index in [0.29, 0.717) is 38.9 Å². The van der Waals surface area contributed by atoms with Crippen LogP contribution in [0.2, 0.25) is 5.02 Å². The van der Waals surface area contributed by atoms with E-state index in [1.807, 2.05) is 18.2 Å². The summed E-state index contributed by atoms with van der Waals surface area (Å²) >= 11 is 5.88. The van der Waals surface area contributed by atoms with Crippen LogP contribution in [0.25, 0.3) is 0 Å². The van der Waals surface area contributed by atoms with Crippen molar-refractivity contribution in [3.63, 3.8) is 0 Å². The normalized spacial score (nSPS) is 11.2. The van der Waals surface area contributed by atoms with Gasteiger partial charge in [-0.05, 0) is 78.9 Å². The molecule has 0 aliphatic heterocycles. The average molecular weight is 455 g/mol. The van der Waals surface area contributed by atoms with Crippen molar-refractivity contribution in [1.29, 1.82) is 0 Å². The SMILES string of the molecule is O=C(Nc1ccc(/N=C/c2cc(/N=N/c3ccc(Cl)cc3)ccc2O)cc1)c1ccccc1. The summed E-state index contributed by atoms with van der Waals surface area (Å²) in [6.07, 6.45) is 1.55. The molecule has 0 saturated heterocycles. The smallest absolute Gasteiger partial charge is 0.255 e. The summed E-state index contributed by atoms with van der Waals surface area (Å²) in [6, 6.07) is 28.0. The summed E-state index contributed by atoms with van der Waals surface area (Å²) in [4.78, 5) is 16.6. The maximum absolute atomic E-state index is 12.2. The molecule has 162 valence electrons. The lowest BCUT2D eigenvalue weighted by molar-refractivity contribution is 0.102. The van der Waals surface area contributed by atoms with Crippen LogP contribution in [0.3, 0.4) is 0 Å². The second kappa shape index (κ2) is 10.3. The zero-order valence-electron chi connectivity index (χ0n) is 17.4. The van der Waals surface area contributed by atoms with E-state index in [0.717, 1.165) is 0 Å². The van der Waals surface area contributed by atoms with Gasteiger partial charge in [0.2, 0.25) is 0 Å². The molecule has 0 aliphatic rings. The molecule has 2 N–H and O–H groups in total. The van der Waals surface area contributed by atoms with E-state index in [9.17, 15) is 9.90 Å². The fourth-order valence-corrected chi connectivity index (χ4v) is 3.02. The predicted molar refractivity (Wildman–Crippen MR) is 132 cm³/mol. The van der Waals surface area contributed by atoms with E-state index in [4.69, 9.17) is 11.6 Å². The van der Waals surface area contributed by atoms with Crippen LogP contribution in [-0.4, -0.2) is 17.2 Å². The van der Waals surface area contributed by atoms with Gasteiger partial charge in [-0.25, -0.2) is 0 Å². The maximum atomic E-state index is 12.2. The number of azo groups is 1. The quantitative estimate of drug-likeness (QED) is 0.234. The second-order valence-corrected chi connectivity index (χ2v) is 7.48. The highest BCUT2D eigenvalue weighted by Crippen LogP contribution is 2.25. The van der Waals surface area contributed by atoms with Crippen molar-refractivity contribution in [3.8, 4) is 5.75 Å². The fourth-order valence-electron chi connectivity index (χ4n) is 2.90. The van der Waals surface area contributed by atoms with E-state index >= 15 is 0 Å². The molecule has 0 spiro atoms. The van der Waals surface area contributed by atoms with Crippen LogP contribution < -0.4 is 5.32 Å². The number of phenolic OH excluding ortho intramolecular Hbond substituents is 1. The molecule has 0 aromatic heterocycles. The lowest BCUT2D eigenvalue weighted by Crippen LogP contribution is -2.11. The van der Waals surface area contributed by atoms with Crippen LogP contribution in [0.4, 0.5) is 22.7 Å². The first kappa shape index (κ1) is 21.9. The maximum Gasteiger partial charge on any atom is 0.255 e. The molecule has 1 amide bonds. The van der Waals surface area contributed by atoms with Crippen LogP contribution in [0.5, 0.6) is 5.75 Å². The standard InChI is InChI=1S/C26H19ClN4O2/c27-20-6-8-23(9-7-20)30-31-24-14-15-25(32)19(16-24)17-28-21-10-12-22(13-11-21)29-26(33)18-4-2-1-3-5-18/h1-17,32H,(H,29,33)/b28-17+,31-30+. The summed E-state index contributed by atoms with van der Waals surface area (Å²) in [5.74, 6) is -0.0997. The third-order valence-corrected chi connectivity index (χ3v) is 4.88. The zero-order chi connectivity index (χ0) is 23.0. The highest BCUT2D eigenvalue weighted by atomic mass is 35.5. The summed E-state index contributed by atoms with van der Waals surface area (Å²) in [6.45, 7) is 0. The Kier molecular flexibility index (Phi) is 6.87. The molecule has 0 radical (unpaired) electrons. The van der Waals surface area contributed by atoms with E-state index in [-0.39, 0.29) is 11.7 Å². The number of nitrogens with zero attached hydrogens (tertiary/aromatic N) is 3. The average Bonchev–Trinajstić information content (AvgIpc) is 2.85. The number of aromatic hydroxyl groups is 1. The van der Waals surface area contributed by atoms with Gasteiger partial charge in [-0.3, -0.25) is 9.79 Å². The van der Waals surface area contributed by atoms with Gasteiger partial charge in [0, 0.05) is 28.1 Å². The van der Waals surface area contributed by atoms with Crippen LogP contribution >= 0.6 is 11.6 Å². The number of carbonyl (C=O) groups is 1. The van der Waals surface area contributed by atoms with Gasteiger partial charge in [-0.1, -0.05) is 29.8 Å². The first-order valence-electron chi connectivity index (χ1n) is 10.1. The van der Waals surface area contributed by atoms with Crippen LogP contribution in [0, 0.1) is 0 Å². The Morgan fingerprint density at radius 2 is 1.42 bits per heavy atom. The number of anilines is 1. The van der Waals surface area contributed by atoms with Crippen LogP contribution in [0.15, 0.2) is 112 Å². The number of hydrogen-bond acceptors (Lipinski definition) is 5. The number of phenols is 1.